The fourth-order valence-electron chi connectivity index (χ4n) is 2.54. The minimum Gasteiger partial charge on any atom is -0.488 e. The van der Waals surface area contributed by atoms with Gasteiger partial charge in [-0.05, 0) is 46.2 Å². The highest BCUT2D eigenvalue weighted by Crippen LogP contribution is 2.26. The standard InChI is InChI=1S/C20H33NO5/c1-19(2,10-12-21-15-22)25-13-11-20(3,4)26-17-9-7-8-16(14-17)18(23-5)24-6/h7-9,14-15,18H,10-13H2,1-6H3,(H,21,22). The molecule has 0 fully saturated rings. The van der Waals surface area contributed by atoms with E-state index in [0.717, 1.165) is 24.2 Å². The molecule has 0 bridgehead atoms. The van der Waals surface area contributed by atoms with Gasteiger partial charge in [0.1, 0.15) is 11.4 Å². The molecule has 1 amide bonds. The van der Waals surface area contributed by atoms with Crippen molar-refractivity contribution in [2.24, 2.45) is 0 Å². The Labute approximate surface area is 157 Å². The van der Waals surface area contributed by atoms with Crippen LogP contribution in [0.3, 0.4) is 0 Å². The van der Waals surface area contributed by atoms with Gasteiger partial charge in [0.05, 0.1) is 12.2 Å². The fourth-order valence-corrected chi connectivity index (χ4v) is 2.54. The molecule has 0 aliphatic heterocycles. The third kappa shape index (κ3) is 8.17. The van der Waals surface area contributed by atoms with Gasteiger partial charge in [-0.1, -0.05) is 12.1 Å². The van der Waals surface area contributed by atoms with Crippen molar-refractivity contribution in [1.29, 1.82) is 0 Å². The first kappa shape index (κ1) is 22.4. The average Bonchev–Trinajstić information content (AvgIpc) is 2.55. The van der Waals surface area contributed by atoms with Gasteiger partial charge in [-0.15, -0.1) is 0 Å². The highest BCUT2D eigenvalue weighted by atomic mass is 16.7. The van der Waals surface area contributed by atoms with Gasteiger partial charge in [-0.3, -0.25) is 4.79 Å². The maximum absolute atomic E-state index is 10.3. The Morgan fingerprint density at radius 2 is 1.77 bits per heavy atom. The van der Waals surface area contributed by atoms with Gasteiger partial charge in [0.15, 0.2) is 6.29 Å². The Morgan fingerprint density at radius 3 is 2.38 bits per heavy atom. The van der Waals surface area contributed by atoms with Crippen molar-refractivity contribution in [3.8, 4) is 5.75 Å². The Kier molecular flexibility index (Phi) is 9.05. The summed E-state index contributed by atoms with van der Waals surface area (Å²) in [5, 5.41) is 2.66. The van der Waals surface area contributed by atoms with E-state index in [9.17, 15) is 4.79 Å². The molecule has 6 heteroatoms. The summed E-state index contributed by atoms with van der Waals surface area (Å²) in [4.78, 5) is 10.3. The second-order valence-electron chi connectivity index (χ2n) is 7.42. The van der Waals surface area contributed by atoms with E-state index in [1.54, 1.807) is 14.2 Å². The van der Waals surface area contributed by atoms with Crippen molar-refractivity contribution in [3.05, 3.63) is 29.8 Å². The van der Waals surface area contributed by atoms with Crippen molar-refractivity contribution in [1.82, 2.24) is 5.32 Å². The predicted octanol–water partition coefficient (Wildman–Crippen LogP) is 3.46. The van der Waals surface area contributed by atoms with Crippen LogP contribution in [0.4, 0.5) is 0 Å². The Morgan fingerprint density at radius 1 is 1.08 bits per heavy atom. The molecule has 0 atom stereocenters. The number of hydrogen-bond donors (Lipinski definition) is 1. The Bertz CT molecular complexity index is 541. The van der Waals surface area contributed by atoms with Gasteiger partial charge in [-0.2, -0.15) is 0 Å². The summed E-state index contributed by atoms with van der Waals surface area (Å²) in [6, 6.07) is 7.71. The highest BCUT2D eigenvalue weighted by molar-refractivity contribution is 5.45. The molecule has 0 unspecified atom stereocenters. The van der Waals surface area contributed by atoms with Crippen molar-refractivity contribution in [3.63, 3.8) is 0 Å². The van der Waals surface area contributed by atoms with E-state index >= 15 is 0 Å². The molecule has 26 heavy (non-hydrogen) atoms. The Balaban J connectivity index is 2.55. The number of nitrogens with one attached hydrogen (secondary N) is 1. The van der Waals surface area contributed by atoms with E-state index in [-0.39, 0.29) is 11.2 Å². The van der Waals surface area contributed by atoms with Crippen LogP contribution in [0.15, 0.2) is 24.3 Å². The lowest BCUT2D eigenvalue weighted by Gasteiger charge is -2.30. The molecule has 1 rings (SSSR count). The van der Waals surface area contributed by atoms with Crippen molar-refractivity contribution in [2.45, 2.75) is 58.0 Å². The number of carbonyl (C=O) groups excluding carboxylic acids is 1. The molecule has 0 aliphatic rings. The summed E-state index contributed by atoms with van der Waals surface area (Å²) in [5.74, 6) is 0.765. The third-order valence-corrected chi connectivity index (χ3v) is 4.10. The molecular weight excluding hydrogens is 334 g/mol. The zero-order valence-corrected chi connectivity index (χ0v) is 16.8. The molecule has 1 aromatic rings. The molecule has 0 spiro atoms. The minimum absolute atomic E-state index is 0.295. The summed E-state index contributed by atoms with van der Waals surface area (Å²) < 4.78 is 22.7. The first-order valence-electron chi connectivity index (χ1n) is 8.88. The van der Waals surface area contributed by atoms with Crippen LogP contribution in [0.25, 0.3) is 0 Å². The molecule has 0 aliphatic carbocycles. The van der Waals surface area contributed by atoms with Crippen LogP contribution in [0.1, 0.15) is 52.4 Å². The topological polar surface area (TPSA) is 66.0 Å². The monoisotopic (exact) mass is 367 g/mol. The van der Waals surface area contributed by atoms with Crippen LogP contribution >= 0.6 is 0 Å². The molecule has 0 radical (unpaired) electrons. The summed E-state index contributed by atoms with van der Waals surface area (Å²) in [6.07, 6.45) is 1.79. The van der Waals surface area contributed by atoms with Crippen LogP contribution in [0, 0.1) is 0 Å². The summed E-state index contributed by atoms with van der Waals surface area (Å²) >= 11 is 0. The zero-order valence-electron chi connectivity index (χ0n) is 16.8. The highest BCUT2D eigenvalue weighted by Gasteiger charge is 2.24. The van der Waals surface area contributed by atoms with E-state index in [1.807, 2.05) is 52.0 Å². The number of benzene rings is 1. The zero-order chi connectivity index (χ0) is 19.6. The molecule has 1 aromatic carbocycles. The molecule has 0 heterocycles. The van der Waals surface area contributed by atoms with Gasteiger partial charge < -0.3 is 24.3 Å². The predicted molar refractivity (Wildman–Crippen MR) is 101 cm³/mol. The number of hydrogen-bond acceptors (Lipinski definition) is 5. The van der Waals surface area contributed by atoms with Crippen LogP contribution < -0.4 is 10.1 Å². The molecule has 148 valence electrons. The maximum Gasteiger partial charge on any atom is 0.207 e. The lowest BCUT2D eigenvalue weighted by atomic mass is 10.0. The SMILES string of the molecule is COC(OC)c1cccc(OC(C)(C)CCOC(C)(C)CCNC=O)c1. The number of amides is 1. The first-order valence-corrected chi connectivity index (χ1v) is 8.88. The van der Waals surface area contributed by atoms with Crippen LogP contribution in [0.2, 0.25) is 0 Å². The average molecular weight is 367 g/mol. The van der Waals surface area contributed by atoms with Crippen molar-refractivity contribution < 1.29 is 23.7 Å². The summed E-state index contributed by atoms with van der Waals surface area (Å²) in [5.41, 5.74) is 0.227. The molecular formula is C20H33NO5. The largest absolute Gasteiger partial charge is 0.488 e. The van der Waals surface area contributed by atoms with Crippen molar-refractivity contribution >= 4 is 6.41 Å². The smallest absolute Gasteiger partial charge is 0.207 e. The normalized spacial score (nSPS) is 12.3. The third-order valence-electron chi connectivity index (χ3n) is 4.10. The quantitative estimate of drug-likeness (QED) is 0.329. The van der Waals surface area contributed by atoms with Crippen LogP contribution in [-0.2, 0) is 19.0 Å². The first-order chi connectivity index (χ1) is 12.2. The van der Waals surface area contributed by atoms with Crippen molar-refractivity contribution in [2.75, 3.05) is 27.4 Å². The number of methoxy groups -OCH3 is 2. The lowest BCUT2D eigenvalue weighted by Crippen LogP contribution is -2.34. The molecule has 6 nitrogen and oxygen atoms in total. The number of ether oxygens (including phenoxy) is 4. The lowest BCUT2D eigenvalue weighted by molar-refractivity contribution is -0.109. The second kappa shape index (κ2) is 10.5. The Hall–Kier alpha value is -1.63. The maximum atomic E-state index is 10.3. The van der Waals surface area contributed by atoms with Crippen LogP contribution in [-0.4, -0.2) is 45.0 Å². The minimum atomic E-state index is -0.411. The van der Waals surface area contributed by atoms with Crippen LogP contribution in [0.5, 0.6) is 5.75 Å². The van der Waals surface area contributed by atoms with E-state index in [1.165, 1.54) is 0 Å². The van der Waals surface area contributed by atoms with Gasteiger partial charge in [0, 0.05) is 32.7 Å². The number of rotatable bonds is 13. The summed E-state index contributed by atoms with van der Waals surface area (Å²) in [7, 11) is 3.21. The van der Waals surface area contributed by atoms with Gasteiger partial charge in [-0.25, -0.2) is 0 Å². The molecule has 0 saturated carbocycles. The molecule has 0 saturated heterocycles. The second-order valence-corrected chi connectivity index (χ2v) is 7.42. The van der Waals surface area contributed by atoms with Gasteiger partial charge in [0.2, 0.25) is 6.41 Å². The molecule has 0 aromatic heterocycles. The van der Waals surface area contributed by atoms with E-state index in [4.69, 9.17) is 18.9 Å². The summed E-state index contributed by atoms with van der Waals surface area (Å²) in [6.45, 7) is 9.28. The van der Waals surface area contributed by atoms with E-state index in [0.29, 0.717) is 19.6 Å². The van der Waals surface area contributed by atoms with E-state index in [2.05, 4.69) is 5.32 Å². The molecule has 1 N–H and O–H groups in total. The van der Waals surface area contributed by atoms with Gasteiger partial charge in [0.25, 0.3) is 0 Å². The van der Waals surface area contributed by atoms with E-state index < -0.39 is 6.29 Å². The number of carbonyl (C=O) groups is 1. The fraction of sp³-hybridized carbons (Fsp3) is 0.650. The van der Waals surface area contributed by atoms with Gasteiger partial charge >= 0.3 is 0 Å².